The van der Waals surface area contributed by atoms with E-state index in [0.29, 0.717) is 19.0 Å². The normalized spacial score (nSPS) is 22.6. The lowest BCUT2D eigenvalue weighted by molar-refractivity contribution is -0.384. The zero-order chi connectivity index (χ0) is 14.9. The van der Waals surface area contributed by atoms with E-state index < -0.39 is 4.92 Å². The second-order valence-electron chi connectivity index (χ2n) is 5.14. The molecule has 1 aromatic rings. The molecule has 1 fully saturated rings. The average molecular weight is 298 g/mol. The number of amides is 1. The highest BCUT2D eigenvalue weighted by molar-refractivity contribution is 6.31. The maximum atomic E-state index is 12.4. The molecular formula is C13H16ClN3O3. The molecule has 108 valence electrons. The van der Waals surface area contributed by atoms with Gasteiger partial charge < -0.3 is 10.6 Å². The van der Waals surface area contributed by atoms with Gasteiger partial charge in [-0.1, -0.05) is 18.5 Å². The van der Waals surface area contributed by atoms with Crippen LogP contribution in [0.4, 0.5) is 5.69 Å². The van der Waals surface area contributed by atoms with E-state index in [-0.39, 0.29) is 28.2 Å². The number of nitro groups is 1. The highest BCUT2D eigenvalue weighted by Gasteiger charge is 2.27. The largest absolute Gasteiger partial charge is 0.337 e. The van der Waals surface area contributed by atoms with Crippen LogP contribution in [0.5, 0.6) is 0 Å². The fraction of sp³-hybridized carbons (Fsp3) is 0.462. The van der Waals surface area contributed by atoms with Crippen molar-refractivity contribution in [2.45, 2.75) is 19.4 Å². The fourth-order valence-electron chi connectivity index (χ4n) is 2.27. The van der Waals surface area contributed by atoms with E-state index in [1.54, 1.807) is 4.90 Å². The van der Waals surface area contributed by atoms with Gasteiger partial charge in [0.15, 0.2) is 0 Å². The molecule has 0 aliphatic carbocycles. The van der Waals surface area contributed by atoms with Crippen molar-refractivity contribution in [2.24, 2.45) is 11.7 Å². The van der Waals surface area contributed by atoms with Crippen LogP contribution < -0.4 is 5.73 Å². The highest BCUT2D eigenvalue weighted by Crippen LogP contribution is 2.23. The topological polar surface area (TPSA) is 89.5 Å². The summed E-state index contributed by atoms with van der Waals surface area (Å²) in [4.78, 5) is 24.2. The Labute approximate surface area is 121 Å². The van der Waals surface area contributed by atoms with Crippen LogP contribution in [-0.2, 0) is 0 Å². The number of carbonyl (C=O) groups is 1. The first-order valence-corrected chi connectivity index (χ1v) is 6.76. The number of non-ortho nitro benzene ring substituents is 1. The molecule has 0 aromatic heterocycles. The van der Waals surface area contributed by atoms with Crippen molar-refractivity contribution < 1.29 is 9.72 Å². The fourth-order valence-corrected chi connectivity index (χ4v) is 2.50. The summed E-state index contributed by atoms with van der Waals surface area (Å²) in [6, 6.07) is 3.85. The maximum absolute atomic E-state index is 12.4. The third-order valence-electron chi connectivity index (χ3n) is 3.64. The van der Waals surface area contributed by atoms with Gasteiger partial charge in [-0.3, -0.25) is 14.9 Å². The molecule has 0 spiro atoms. The number of benzene rings is 1. The molecule has 7 heteroatoms. The average Bonchev–Trinajstić information content (AvgIpc) is 2.40. The van der Waals surface area contributed by atoms with E-state index in [1.165, 1.54) is 18.2 Å². The molecule has 1 saturated heterocycles. The Bertz CT molecular complexity index is 550. The second kappa shape index (κ2) is 5.76. The first kappa shape index (κ1) is 14.7. The van der Waals surface area contributed by atoms with E-state index in [9.17, 15) is 14.9 Å². The minimum atomic E-state index is -0.563. The van der Waals surface area contributed by atoms with Gasteiger partial charge in [-0.05, 0) is 18.4 Å². The predicted molar refractivity (Wildman–Crippen MR) is 75.8 cm³/mol. The van der Waals surface area contributed by atoms with Crippen molar-refractivity contribution in [3.8, 4) is 0 Å². The summed E-state index contributed by atoms with van der Waals surface area (Å²) in [7, 11) is 0. The van der Waals surface area contributed by atoms with E-state index in [1.807, 2.05) is 0 Å². The standard InChI is InChI=1S/C13H16ClN3O3/c1-8-2-3-16(7-12(8)15)13(18)9-4-10(14)6-11(5-9)17(19)20/h4-6,8,12H,2-3,7,15H2,1H3. The van der Waals surface area contributed by atoms with Crippen molar-refractivity contribution in [3.05, 3.63) is 38.9 Å². The van der Waals surface area contributed by atoms with Gasteiger partial charge in [0.05, 0.1) is 4.92 Å². The Morgan fingerprint density at radius 3 is 2.80 bits per heavy atom. The zero-order valence-corrected chi connectivity index (χ0v) is 11.8. The molecule has 1 amide bonds. The van der Waals surface area contributed by atoms with Gasteiger partial charge >= 0.3 is 0 Å². The summed E-state index contributed by atoms with van der Waals surface area (Å²) in [5.41, 5.74) is 6.01. The van der Waals surface area contributed by atoms with Crippen molar-refractivity contribution >= 4 is 23.2 Å². The monoisotopic (exact) mass is 297 g/mol. The van der Waals surface area contributed by atoms with Crippen molar-refractivity contribution in [1.82, 2.24) is 4.90 Å². The Hall–Kier alpha value is -1.66. The van der Waals surface area contributed by atoms with Gasteiger partial charge in [-0.2, -0.15) is 0 Å². The number of likely N-dealkylation sites (tertiary alicyclic amines) is 1. The van der Waals surface area contributed by atoms with E-state index in [0.717, 1.165) is 6.42 Å². The van der Waals surface area contributed by atoms with Gasteiger partial charge in [0.25, 0.3) is 11.6 Å². The highest BCUT2D eigenvalue weighted by atomic mass is 35.5. The molecule has 2 unspecified atom stereocenters. The van der Waals surface area contributed by atoms with Crippen LogP contribution >= 0.6 is 11.6 Å². The van der Waals surface area contributed by atoms with E-state index in [2.05, 4.69) is 6.92 Å². The van der Waals surface area contributed by atoms with Gasteiger partial charge in [0.2, 0.25) is 0 Å². The number of nitro benzene ring substituents is 1. The number of nitrogens with zero attached hydrogens (tertiary/aromatic N) is 2. The molecule has 1 aromatic carbocycles. The molecule has 0 saturated carbocycles. The van der Waals surface area contributed by atoms with Gasteiger partial charge in [0, 0.05) is 41.9 Å². The van der Waals surface area contributed by atoms with Crippen LogP contribution in [0, 0.1) is 16.0 Å². The summed E-state index contributed by atoms with van der Waals surface area (Å²) >= 11 is 5.83. The molecule has 1 aliphatic heterocycles. The molecule has 2 N–H and O–H groups in total. The lowest BCUT2D eigenvalue weighted by atomic mass is 9.94. The van der Waals surface area contributed by atoms with Crippen LogP contribution in [0.3, 0.4) is 0 Å². The van der Waals surface area contributed by atoms with Gasteiger partial charge in [-0.25, -0.2) is 0 Å². The molecule has 0 bridgehead atoms. The van der Waals surface area contributed by atoms with Crippen molar-refractivity contribution in [3.63, 3.8) is 0 Å². The molecule has 20 heavy (non-hydrogen) atoms. The summed E-state index contributed by atoms with van der Waals surface area (Å²) in [5, 5.41) is 11.0. The molecule has 6 nitrogen and oxygen atoms in total. The van der Waals surface area contributed by atoms with Crippen LogP contribution in [0.1, 0.15) is 23.7 Å². The Morgan fingerprint density at radius 2 is 2.20 bits per heavy atom. The van der Waals surface area contributed by atoms with Gasteiger partial charge in [-0.15, -0.1) is 0 Å². The number of nitrogens with two attached hydrogens (primary N) is 1. The molecule has 2 rings (SSSR count). The first-order chi connectivity index (χ1) is 9.38. The lowest BCUT2D eigenvalue weighted by Gasteiger charge is -2.35. The number of rotatable bonds is 2. The predicted octanol–water partition coefficient (Wildman–Crippen LogP) is 2.06. The Morgan fingerprint density at radius 1 is 1.50 bits per heavy atom. The molecular weight excluding hydrogens is 282 g/mol. The molecule has 1 heterocycles. The number of carbonyl (C=O) groups excluding carboxylic acids is 1. The number of piperidine rings is 1. The molecule has 1 aliphatic rings. The zero-order valence-electron chi connectivity index (χ0n) is 11.1. The quantitative estimate of drug-likeness (QED) is 0.668. The number of hydrogen-bond donors (Lipinski definition) is 1. The van der Waals surface area contributed by atoms with Crippen molar-refractivity contribution in [2.75, 3.05) is 13.1 Å². The number of halogens is 1. The van der Waals surface area contributed by atoms with Crippen LogP contribution in [0.15, 0.2) is 18.2 Å². The minimum absolute atomic E-state index is 0.0677. The SMILES string of the molecule is CC1CCN(C(=O)c2cc(Cl)cc([N+](=O)[O-])c2)CC1N. The van der Waals surface area contributed by atoms with E-state index in [4.69, 9.17) is 17.3 Å². The third-order valence-corrected chi connectivity index (χ3v) is 3.86. The van der Waals surface area contributed by atoms with E-state index >= 15 is 0 Å². The van der Waals surface area contributed by atoms with Crippen LogP contribution in [0.25, 0.3) is 0 Å². The first-order valence-electron chi connectivity index (χ1n) is 6.38. The lowest BCUT2D eigenvalue weighted by Crippen LogP contribution is -2.49. The molecule has 2 atom stereocenters. The minimum Gasteiger partial charge on any atom is -0.337 e. The smallest absolute Gasteiger partial charge is 0.271 e. The Balaban J connectivity index is 2.23. The van der Waals surface area contributed by atoms with Crippen LogP contribution in [-0.4, -0.2) is 34.9 Å². The molecule has 0 radical (unpaired) electrons. The number of hydrogen-bond acceptors (Lipinski definition) is 4. The summed E-state index contributed by atoms with van der Waals surface area (Å²) in [6.07, 6.45) is 0.829. The Kier molecular flexibility index (Phi) is 4.25. The van der Waals surface area contributed by atoms with Gasteiger partial charge in [0.1, 0.15) is 0 Å². The second-order valence-corrected chi connectivity index (χ2v) is 5.57. The maximum Gasteiger partial charge on any atom is 0.271 e. The third kappa shape index (κ3) is 3.08. The summed E-state index contributed by atoms with van der Waals surface area (Å²) in [5.74, 6) is 0.102. The van der Waals surface area contributed by atoms with Crippen LogP contribution in [0.2, 0.25) is 5.02 Å². The van der Waals surface area contributed by atoms with Crippen molar-refractivity contribution in [1.29, 1.82) is 0 Å². The summed E-state index contributed by atoms with van der Waals surface area (Å²) < 4.78 is 0. The summed E-state index contributed by atoms with van der Waals surface area (Å²) in [6.45, 7) is 3.12.